The van der Waals surface area contributed by atoms with Gasteiger partial charge in [-0.05, 0) is 53.9 Å². The number of hydrogen-bond acceptors (Lipinski definition) is 3. The smallest absolute Gasteiger partial charge is 0.253 e. The van der Waals surface area contributed by atoms with Crippen molar-refractivity contribution >= 4 is 28.5 Å². The maximum absolute atomic E-state index is 12.3. The molecule has 20 heavy (non-hydrogen) atoms. The summed E-state index contributed by atoms with van der Waals surface area (Å²) in [6.45, 7) is 6.18. The lowest BCUT2D eigenvalue weighted by atomic mass is 10.2. The molecule has 2 rings (SSSR count). The van der Waals surface area contributed by atoms with Crippen LogP contribution in [0.1, 0.15) is 10.4 Å². The first-order chi connectivity index (χ1) is 9.56. The minimum absolute atomic E-state index is 0.107. The number of piperazine rings is 1. The number of carbonyl (C=O) groups excluding carboxylic acids is 1. The Morgan fingerprint density at radius 3 is 2.40 bits per heavy atom. The number of halogens is 1. The average Bonchev–Trinajstić information content (AvgIpc) is 2.46. The van der Waals surface area contributed by atoms with E-state index in [4.69, 9.17) is 0 Å². The van der Waals surface area contributed by atoms with Crippen LogP contribution in [0.3, 0.4) is 0 Å². The SMILES string of the molecule is CN1CCN(CCN(C)C(=O)c2ccc(I)cc2)CC1. The molecule has 0 saturated carbocycles. The summed E-state index contributed by atoms with van der Waals surface area (Å²) in [5, 5.41) is 0. The van der Waals surface area contributed by atoms with Gasteiger partial charge in [0.2, 0.25) is 0 Å². The summed E-state index contributed by atoms with van der Waals surface area (Å²) in [5.74, 6) is 0.107. The van der Waals surface area contributed by atoms with E-state index in [1.54, 1.807) is 0 Å². The van der Waals surface area contributed by atoms with Crippen LogP contribution >= 0.6 is 22.6 Å². The predicted octanol–water partition coefficient (Wildman–Crippen LogP) is 1.61. The molecule has 0 spiro atoms. The van der Waals surface area contributed by atoms with Crippen LogP contribution in [-0.2, 0) is 0 Å². The molecular formula is C15H22IN3O. The maximum atomic E-state index is 12.3. The molecule has 1 aromatic carbocycles. The third-order valence-corrected chi connectivity index (χ3v) is 4.50. The van der Waals surface area contributed by atoms with Crippen molar-refractivity contribution in [3.8, 4) is 0 Å². The Hall–Kier alpha value is -0.660. The van der Waals surface area contributed by atoms with E-state index in [0.717, 1.165) is 48.4 Å². The zero-order valence-corrected chi connectivity index (χ0v) is 14.3. The Morgan fingerprint density at radius 1 is 1.20 bits per heavy atom. The summed E-state index contributed by atoms with van der Waals surface area (Å²) >= 11 is 2.25. The van der Waals surface area contributed by atoms with E-state index in [1.165, 1.54) is 0 Å². The van der Waals surface area contributed by atoms with Crippen LogP contribution in [0.5, 0.6) is 0 Å². The van der Waals surface area contributed by atoms with E-state index in [2.05, 4.69) is 39.4 Å². The van der Waals surface area contributed by atoms with Gasteiger partial charge in [-0.15, -0.1) is 0 Å². The van der Waals surface area contributed by atoms with Crippen LogP contribution in [0.4, 0.5) is 0 Å². The Morgan fingerprint density at radius 2 is 1.80 bits per heavy atom. The number of hydrogen-bond donors (Lipinski definition) is 0. The number of carbonyl (C=O) groups is 1. The Labute approximate surface area is 134 Å². The molecule has 1 aliphatic heterocycles. The number of rotatable bonds is 4. The third-order valence-electron chi connectivity index (χ3n) is 3.79. The molecule has 0 aromatic heterocycles. The molecular weight excluding hydrogens is 365 g/mol. The first-order valence-corrected chi connectivity index (χ1v) is 8.06. The van der Waals surface area contributed by atoms with Gasteiger partial charge < -0.3 is 9.80 Å². The molecule has 1 saturated heterocycles. The van der Waals surface area contributed by atoms with Crippen molar-refractivity contribution in [1.82, 2.24) is 14.7 Å². The summed E-state index contributed by atoms with van der Waals surface area (Å²) in [6, 6.07) is 7.75. The van der Waals surface area contributed by atoms with Crippen molar-refractivity contribution in [3.05, 3.63) is 33.4 Å². The van der Waals surface area contributed by atoms with Crippen molar-refractivity contribution in [1.29, 1.82) is 0 Å². The summed E-state index contributed by atoms with van der Waals surface area (Å²) in [5.41, 5.74) is 0.770. The second kappa shape index (κ2) is 7.38. The third kappa shape index (κ3) is 4.43. The average molecular weight is 387 g/mol. The van der Waals surface area contributed by atoms with Gasteiger partial charge >= 0.3 is 0 Å². The van der Waals surface area contributed by atoms with Crippen LogP contribution in [-0.4, -0.2) is 74.0 Å². The molecule has 0 aliphatic carbocycles. The monoisotopic (exact) mass is 387 g/mol. The number of amides is 1. The van der Waals surface area contributed by atoms with Gasteiger partial charge in [-0.2, -0.15) is 0 Å². The van der Waals surface area contributed by atoms with Gasteiger partial charge in [-0.25, -0.2) is 0 Å². The fraction of sp³-hybridized carbons (Fsp3) is 0.533. The van der Waals surface area contributed by atoms with Crippen LogP contribution in [0.25, 0.3) is 0 Å². The Balaban J connectivity index is 1.80. The molecule has 1 fully saturated rings. The molecule has 0 unspecified atom stereocenters. The molecule has 1 amide bonds. The lowest BCUT2D eigenvalue weighted by Crippen LogP contribution is -2.47. The van der Waals surface area contributed by atoms with Crippen LogP contribution in [0, 0.1) is 3.57 Å². The van der Waals surface area contributed by atoms with Gasteiger partial charge in [0.1, 0.15) is 0 Å². The molecule has 1 aliphatic rings. The first-order valence-electron chi connectivity index (χ1n) is 6.98. The standard InChI is InChI=1S/C15H22IN3O/c1-17-7-10-19(11-8-17)12-9-18(2)15(20)13-3-5-14(16)6-4-13/h3-6H,7-12H2,1-2H3. The molecule has 1 heterocycles. The van der Waals surface area contributed by atoms with Crippen molar-refractivity contribution < 1.29 is 4.79 Å². The van der Waals surface area contributed by atoms with Gasteiger partial charge in [0.25, 0.3) is 5.91 Å². The van der Waals surface area contributed by atoms with Gasteiger partial charge in [-0.1, -0.05) is 0 Å². The van der Waals surface area contributed by atoms with E-state index >= 15 is 0 Å². The second-order valence-electron chi connectivity index (χ2n) is 5.38. The maximum Gasteiger partial charge on any atom is 0.253 e. The van der Waals surface area contributed by atoms with E-state index in [-0.39, 0.29) is 5.91 Å². The zero-order valence-electron chi connectivity index (χ0n) is 12.2. The van der Waals surface area contributed by atoms with E-state index in [9.17, 15) is 4.79 Å². The van der Waals surface area contributed by atoms with Crippen molar-refractivity contribution in [2.45, 2.75) is 0 Å². The largest absolute Gasteiger partial charge is 0.340 e. The fourth-order valence-electron chi connectivity index (χ4n) is 2.28. The zero-order chi connectivity index (χ0) is 14.5. The van der Waals surface area contributed by atoms with Gasteiger partial charge in [0.05, 0.1) is 0 Å². The van der Waals surface area contributed by atoms with Crippen LogP contribution < -0.4 is 0 Å². The molecule has 4 nitrogen and oxygen atoms in total. The van der Waals surface area contributed by atoms with E-state index < -0.39 is 0 Å². The number of nitrogens with zero attached hydrogens (tertiary/aromatic N) is 3. The van der Waals surface area contributed by atoms with Crippen molar-refractivity contribution in [2.24, 2.45) is 0 Å². The highest BCUT2D eigenvalue weighted by Crippen LogP contribution is 2.09. The molecule has 0 atom stereocenters. The minimum atomic E-state index is 0.107. The highest BCUT2D eigenvalue weighted by molar-refractivity contribution is 14.1. The highest BCUT2D eigenvalue weighted by atomic mass is 127. The summed E-state index contributed by atoms with van der Waals surface area (Å²) < 4.78 is 1.15. The topological polar surface area (TPSA) is 26.8 Å². The quantitative estimate of drug-likeness (QED) is 0.735. The molecule has 0 radical (unpaired) electrons. The number of benzene rings is 1. The Kier molecular flexibility index (Phi) is 5.80. The summed E-state index contributed by atoms with van der Waals surface area (Å²) in [7, 11) is 4.04. The molecule has 0 bridgehead atoms. The van der Waals surface area contributed by atoms with E-state index in [0.29, 0.717) is 0 Å². The van der Waals surface area contributed by atoms with Crippen LogP contribution in [0.2, 0.25) is 0 Å². The highest BCUT2D eigenvalue weighted by Gasteiger charge is 2.16. The summed E-state index contributed by atoms with van der Waals surface area (Å²) in [4.78, 5) is 18.9. The van der Waals surface area contributed by atoms with Gasteiger partial charge in [-0.3, -0.25) is 9.69 Å². The summed E-state index contributed by atoms with van der Waals surface area (Å²) in [6.07, 6.45) is 0. The van der Waals surface area contributed by atoms with E-state index in [1.807, 2.05) is 36.2 Å². The molecule has 110 valence electrons. The first kappa shape index (κ1) is 15.7. The lowest BCUT2D eigenvalue weighted by molar-refractivity contribution is 0.0760. The molecule has 5 heteroatoms. The second-order valence-corrected chi connectivity index (χ2v) is 6.62. The Bertz CT molecular complexity index is 441. The molecule has 1 aromatic rings. The normalized spacial score (nSPS) is 17.1. The van der Waals surface area contributed by atoms with Gasteiger partial charge in [0.15, 0.2) is 0 Å². The molecule has 0 N–H and O–H groups in total. The van der Waals surface area contributed by atoms with Crippen molar-refractivity contribution in [3.63, 3.8) is 0 Å². The minimum Gasteiger partial charge on any atom is -0.340 e. The number of likely N-dealkylation sites (N-methyl/N-ethyl adjacent to an activating group) is 2. The van der Waals surface area contributed by atoms with Crippen LogP contribution in [0.15, 0.2) is 24.3 Å². The predicted molar refractivity (Wildman–Crippen MR) is 90.1 cm³/mol. The fourth-order valence-corrected chi connectivity index (χ4v) is 2.64. The lowest BCUT2D eigenvalue weighted by Gasteiger charge is -2.33. The van der Waals surface area contributed by atoms with Crippen molar-refractivity contribution in [2.75, 3.05) is 53.4 Å². The van der Waals surface area contributed by atoms with Gasteiger partial charge in [0, 0.05) is 55.4 Å².